The summed E-state index contributed by atoms with van der Waals surface area (Å²) in [5, 5.41) is 9.37. The van der Waals surface area contributed by atoms with E-state index in [4.69, 9.17) is 0 Å². The average Bonchev–Trinajstić information content (AvgIpc) is 2.92. The lowest BCUT2D eigenvalue weighted by molar-refractivity contribution is -0.136. The molecule has 3 aliphatic heterocycles. The van der Waals surface area contributed by atoms with Gasteiger partial charge in [-0.2, -0.15) is 0 Å². The Morgan fingerprint density at radius 2 is 1.71 bits per heavy atom. The van der Waals surface area contributed by atoms with Crippen LogP contribution in [0, 0.1) is 10.8 Å². The van der Waals surface area contributed by atoms with Crippen LogP contribution in [-0.4, -0.2) is 53.7 Å². The monoisotopic (exact) mass is 426 g/mol. The molecule has 0 aromatic heterocycles. The number of amides is 4. The Labute approximate surface area is 182 Å². The molecule has 4 rings (SSSR count). The Hall–Kier alpha value is -2.58. The van der Waals surface area contributed by atoms with Crippen molar-refractivity contribution in [2.75, 3.05) is 13.1 Å². The van der Waals surface area contributed by atoms with Gasteiger partial charge in [0.25, 0.3) is 11.8 Å². The van der Waals surface area contributed by atoms with E-state index in [1.807, 2.05) is 6.07 Å². The van der Waals surface area contributed by atoms with Crippen molar-refractivity contribution < 1.29 is 19.2 Å². The summed E-state index contributed by atoms with van der Waals surface area (Å²) in [5.74, 6) is -1.91. The number of benzene rings is 1. The first-order valence-corrected chi connectivity index (χ1v) is 10.8. The van der Waals surface area contributed by atoms with Crippen LogP contribution in [0.5, 0.6) is 0 Å². The van der Waals surface area contributed by atoms with Crippen LogP contribution >= 0.6 is 0 Å². The number of rotatable bonds is 4. The largest absolute Gasteiger partial charge is 0.316 e. The lowest BCUT2D eigenvalue weighted by Crippen LogP contribution is -2.62. The van der Waals surface area contributed by atoms with Gasteiger partial charge in [-0.05, 0) is 28.9 Å². The number of hydrogen-bond donors (Lipinski definition) is 3. The first-order chi connectivity index (χ1) is 14.5. The van der Waals surface area contributed by atoms with Gasteiger partial charge >= 0.3 is 0 Å². The third-order valence-corrected chi connectivity index (χ3v) is 6.78. The smallest absolute Gasteiger partial charge is 0.262 e. The van der Waals surface area contributed by atoms with Gasteiger partial charge < -0.3 is 10.6 Å². The number of nitrogens with zero attached hydrogens (tertiary/aromatic N) is 1. The molecule has 3 N–H and O–H groups in total. The maximum atomic E-state index is 13.3. The summed E-state index contributed by atoms with van der Waals surface area (Å²) in [5.41, 5.74) is 1.44. The molecule has 1 aromatic rings. The minimum Gasteiger partial charge on any atom is -0.316 e. The van der Waals surface area contributed by atoms with Gasteiger partial charge in [0.1, 0.15) is 6.04 Å². The molecular weight excluding hydrogens is 396 g/mol. The van der Waals surface area contributed by atoms with Gasteiger partial charge in [0, 0.05) is 32.1 Å². The first kappa shape index (κ1) is 21.6. The highest BCUT2D eigenvalue weighted by atomic mass is 16.2. The van der Waals surface area contributed by atoms with Crippen molar-refractivity contribution in [3.8, 4) is 0 Å². The maximum Gasteiger partial charge on any atom is 0.262 e. The number of fused-ring (bicyclic) bond motifs is 1. The molecule has 8 heteroatoms. The zero-order chi connectivity index (χ0) is 22.6. The zero-order valence-corrected chi connectivity index (χ0v) is 18.5. The minimum absolute atomic E-state index is 0.0122. The van der Waals surface area contributed by atoms with Crippen molar-refractivity contribution >= 4 is 23.6 Å². The highest BCUT2D eigenvalue weighted by Crippen LogP contribution is 2.37. The van der Waals surface area contributed by atoms with Crippen LogP contribution in [0.1, 0.15) is 66.8 Å². The molecule has 1 unspecified atom stereocenters. The predicted octanol–water partition coefficient (Wildman–Crippen LogP) is 1.20. The van der Waals surface area contributed by atoms with Crippen LogP contribution < -0.4 is 16.0 Å². The predicted molar refractivity (Wildman–Crippen MR) is 114 cm³/mol. The Morgan fingerprint density at radius 3 is 2.35 bits per heavy atom. The van der Waals surface area contributed by atoms with E-state index in [0.29, 0.717) is 17.7 Å². The Morgan fingerprint density at radius 1 is 1.03 bits per heavy atom. The second-order valence-electron chi connectivity index (χ2n) is 10.2. The molecule has 3 heterocycles. The lowest BCUT2D eigenvalue weighted by atomic mass is 9.67. The first-order valence-electron chi connectivity index (χ1n) is 10.8. The standard InChI is InChI=1S/C23H30N4O4/c1-22(2)11-24-12-23(3,4)21(22)25-10-13-6-5-7-14-17(13)20(31)27(19(14)30)15-8-9-16(28)26-18(15)29/h5-7,15,21,24-25H,8-12H2,1-4H3,(H,26,28,29). The molecule has 1 aromatic carbocycles. The Balaban J connectivity index is 1.59. The second-order valence-corrected chi connectivity index (χ2v) is 10.2. The number of imide groups is 2. The van der Waals surface area contributed by atoms with E-state index < -0.39 is 23.8 Å². The van der Waals surface area contributed by atoms with Crippen molar-refractivity contribution in [1.29, 1.82) is 0 Å². The van der Waals surface area contributed by atoms with Crippen molar-refractivity contribution in [3.05, 3.63) is 34.9 Å². The van der Waals surface area contributed by atoms with Crippen LogP contribution in [0.2, 0.25) is 0 Å². The van der Waals surface area contributed by atoms with Crippen molar-refractivity contribution in [3.63, 3.8) is 0 Å². The fourth-order valence-electron chi connectivity index (χ4n) is 5.47. The van der Waals surface area contributed by atoms with Crippen LogP contribution in [0.3, 0.4) is 0 Å². The number of carbonyl (C=O) groups excluding carboxylic acids is 4. The minimum atomic E-state index is -0.951. The van der Waals surface area contributed by atoms with Gasteiger partial charge in [-0.3, -0.25) is 29.4 Å². The van der Waals surface area contributed by atoms with Crippen LogP contribution in [0.25, 0.3) is 0 Å². The molecule has 0 radical (unpaired) electrons. The highest BCUT2D eigenvalue weighted by molar-refractivity contribution is 6.24. The van der Waals surface area contributed by atoms with Crippen molar-refractivity contribution in [2.45, 2.75) is 59.2 Å². The van der Waals surface area contributed by atoms with Gasteiger partial charge in [-0.15, -0.1) is 0 Å². The summed E-state index contributed by atoms with van der Waals surface area (Å²) in [6.45, 7) is 11.1. The zero-order valence-electron chi connectivity index (χ0n) is 18.5. The van der Waals surface area contributed by atoms with Gasteiger partial charge in [0.05, 0.1) is 11.1 Å². The Bertz CT molecular complexity index is 952. The van der Waals surface area contributed by atoms with Gasteiger partial charge in [0.2, 0.25) is 11.8 Å². The summed E-state index contributed by atoms with van der Waals surface area (Å²) >= 11 is 0. The van der Waals surface area contributed by atoms with Gasteiger partial charge in [-0.1, -0.05) is 39.8 Å². The van der Waals surface area contributed by atoms with E-state index >= 15 is 0 Å². The van der Waals surface area contributed by atoms with E-state index in [-0.39, 0.29) is 35.6 Å². The Kier molecular flexibility index (Phi) is 5.26. The van der Waals surface area contributed by atoms with Gasteiger partial charge in [0.15, 0.2) is 0 Å². The maximum absolute atomic E-state index is 13.3. The molecule has 4 amide bonds. The topological polar surface area (TPSA) is 108 Å². The third kappa shape index (κ3) is 3.68. The fraction of sp³-hybridized carbons (Fsp3) is 0.565. The number of nitrogens with one attached hydrogen (secondary N) is 3. The summed E-state index contributed by atoms with van der Waals surface area (Å²) in [7, 11) is 0. The molecular formula is C23H30N4O4. The van der Waals surface area contributed by atoms with Crippen LogP contribution in [0.4, 0.5) is 0 Å². The molecule has 0 saturated carbocycles. The summed E-state index contributed by atoms with van der Waals surface area (Å²) in [4.78, 5) is 51.1. The molecule has 3 aliphatic rings. The van der Waals surface area contributed by atoms with Gasteiger partial charge in [-0.25, -0.2) is 0 Å². The summed E-state index contributed by atoms with van der Waals surface area (Å²) in [6.07, 6.45) is 0.263. The van der Waals surface area contributed by atoms with E-state index in [1.54, 1.807) is 12.1 Å². The number of hydrogen-bond acceptors (Lipinski definition) is 6. The molecule has 166 valence electrons. The van der Waals surface area contributed by atoms with Crippen LogP contribution in [0.15, 0.2) is 18.2 Å². The molecule has 8 nitrogen and oxygen atoms in total. The molecule has 31 heavy (non-hydrogen) atoms. The number of carbonyl (C=O) groups is 4. The molecule has 0 aliphatic carbocycles. The molecule has 1 atom stereocenters. The lowest BCUT2D eigenvalue weighted by Gasteiger charge is -2.50. The average molecular weight is 427 g/mol. The quantitative estimate of drug-likeness (QED) is 0.625. The highest BCUT2D eigenvalue weighted by Gasteiger charge is 2.46. The van der Waals surface area contributed by atoms with E-state index in [9.17, 15) is 19.2 Å². The SMILES string of the molecule is CC1(C)CNCC(C)(C)C1NCc1cccc2c1C(=O)N(C1CCC(=O)NC1=O)C2=O. The third-order valence-electron chi connectivity index (χ3n) is 6.78. The fourth-order valence-corrected chi connectivity index (χ4v) is 5.47. The molecule has 2 saturated heterocycles. The van der Waals surface area contributed by atoms with Crippen molar-refractivity contribution in [1.82, 2.24) is 20.9 Å². The molecule has 0 spiro atoms. The number of piperidine rings is 2. The van der Waals surface area contributed by atoms with E-state index in [0.717, 1.165) is 23.6 Å². The van der Waals surface area contributed by atoms with Crippen LogP contribution in [-0.2, 0) is 16.1 Å². The van der Waals surface area contributed by atoms with E-state index in [2.05, 4.69) is 43.6 Å². The van der Waals surface area contributed by atoms with E-state index in [1.165, 1.54) is 0 Å². The second kappa shape index (κ2) is 7.53. The normalized spacial score (nSPS) is 25.5. The summed E-state index contributed by atoms with van der Waals surface area (Å²) in [6, 6.07) is 4.51. The summed E-state index contributed by atoms with van der Waals surface area (Å²) < 4.78 is 0. The molecule has 2 fully saturated rings. The molecule has 0 bridgehead atoms. The van der Waals surface area contributed by atoms with Crippen molar-refractivity contribution in [2.24, 2.45) is 10.8 Å².